The Morgan fingerprint density at radius 1 is 1.27 bits per heavy atom. The van der Waals surface area contributed by atoms with E-state index >= 15 is 0 Å². The molecule has 0 N–H and O–H groups in total. The molecule has 0 rings (SSSR count). The zero-order chi connectivity index (χ0) is 8.74. The van der Waals surface area contributed by atoms with Crippen LogP contribution in [0.5, 0.6) is 0 Å². The van der Waals surface area contributed by atoms with Crippen molar-refractivity contribution in [2.45, 2.75) is 46.5 Å². The lowest BCUT2D eigenvalue weighted by Crippen LogP contribution is -2.07. The maximum atomic E-state index is 3.79. The van der Waals surface area contributed by atoms with Crippen LogP contribution in [0.15, 0.2) is 12.2 Å². The van der Waals surface area contributed by atoms with E-state index in [4.69, 9.17) is 0 Å². The Morgan fingerprint density at radius 2 is 1.91 bits per heavy atom. The minimum Gasteiger partial charge on any atom is -0.0885 e. The molecule has 1 radical (unpaired) electrons. The highest BCUT2D eigenvalue weighted by atomic mass is 14.2. The number of allylic oxidation sites excluding steroid dienone is 2. The number of hydrogen-bond donors (Lipinski definition) is 0. The topological polar surface area (TPSA) is 0 Å². The van der Waals surface area contributed by atoms with Crippen LogP contribution >= 0.6 is 0 Å². The first kappa shape index (κ1) is 10.7. The lowest BCUT2D eigenvalue weighted by Gasteiger charge is -2.19. The molecule has 0 aliphatic carbocycles. The summed E-state index contributed by atoms with van der Waals surface area (Å²) in [4.78, 5) is 0. The van der Waals surface area contributed by atoms with E-state index in [1.807, 2.05) is 0 Å². The van der Waals surface area contributed by atoms with Gasteiger partial charge in [0.05, 0.1) is 0 Å². The smallest absolute Gasteiger partial charge is 0.0299 e. The second kappa shape index (κ2) is 5.40. The molecule has 0 spiro atoms. The van der Waals surface area contributed by atoms with Gasteiger partial charge in [0.2, 0.25) is 0 Å². The lowest BCUT2D eigenvalue weighted by molar-refractivity contribution is 0.356. The molecule has 11 heavy (non-hydrogen) atoms. The van der Waals surface area contributed by atoms with E-state index in [1.54, 1.807) is 0 Å². The summed E-state index contributed by atoms with van der Waals surface area (Å²) in [5, 5.41) is 0. The van der Waals surface area contributed by atoms with Crippen LogP contribution in [-0.2, 0) is 0 Å². The molecule has 0 atom stereocenters. The summed E-state index contributed by atoms with van der Waals surface area (Å²) in [6.07, 6.45) is 9.12. The van der Waals surface area contributed by atoms with Gasteiger partial charge in [0.25, 0.3) is 0 Å². The third-order valence-corrected chi connectivity index (χ3v) is 2.17. The molecule has 0 saturated carbocycles. The van der Waals surface area contributed by atoms with Gasteiger partial charge in [-0.25, -0.2) is 0 Å². The summed E-state index contributed by atoms with van der Waals surface area (Å²) in [6, 6.07) is 0. The molecule has 0 bridgehead atoms. The normalized spacial score (nSPS) is 12.7. The zero-order valence-electron chi connectivity index (χ0n) is 8.19. The Bertz CT molecular complexity index is 109. The van der Waals surface area contributed by atoms with E-state index < -0.39 is 0 Å². The van der Waals surface area contributed by atoms with Crippen molar-refractivity contribution in [2.24, 2.45) is 5.41 Å². The standard InChI is InChI=1S/C11H21/c1-5-7-8-9-10-11(3,4)6-2/h8-9H,1,5-7,10H2,2-4H3/b9-8+. The fourth-order valence-corrected chi connectivity index (χ4v) is 0.782. The number of rotatable bonds is 5. The first-order valence-corrected chi connectivity index (χ1v) is 4.56. The summed E-state index contributed by atoms with van der Waals surface area (Å²) in [5.41, 5.74) is 0.484. The summed E-state index contributed by atoms with van der Waals surface area (Å²) in [5.74, 6) is 0. The van der Waals surface area contributed by atoms with E-state index in [9.17, 15) is 0 Å². The Hall–Kier alpha value is -0.260. The van der Waals surface area contributed by atoms with E-state index in [-0.39, 0.29) is 0 Å². The van der Waals surface area contributed by atoms with E-state index in [2.05, 4.69) is 39.8 Å². The second-order valence-corrected chi connectivity index (χ2v) is 3.84. The van der Waals surface area contributed by atoms with Crippen LogP contribution in [0.2, 0.25) is 0 Å². The average Bonchev–Trinajstić information content (AvgIpc) is 1.99. The molecule has 65 valence electrons. The highest BCUT2D eigenvalue weighted by molar-refractivity contribution is 4.86. The van der Waals surface area contributed by atoms with Crippen LogP contribution < -0.4 is 0 Å². The molecule has 0 heterocycles. The minimum absolute atomic E-state index is 0.484. The maximum absolute atomic E-state index is 3.79. The van der Waals surface area contributed by atoms with Crippen molar-refractivity contribution in [3.8, 4) is 0 Å². The molecule has 0 nitrogen and oxygen atoms in total. The van der Waals surface area contributed by atoms with Crippen molar-refractivity contribution in [3.05, 3.63) is 19.1 Å². The molecule has 0 saturated heterocycles. The molecule has 0 aliphatic heterocycles. The Balaban J connectivity index is 3.51. The summed E-state index contributed by atoms with van der Waals surface area (Å²) in [6.45, 7) is 10.6. The van der Waals surface area contributed by atoms with Gasteiger partial charge in [0.15, 0.2) is 0 Å². The zero-order valence-corrected chi connectivity index (χ0v) is 8.19. The highest BCUT2D eigenvalue weighted by Gasteiger charge is 2.11. The van der Waals surface area contributed by atoms with Gasteiger partial charge < -0.3 is 0 Å². The van der Waals surface area contributed by atoms with Gasteiger partial charge in [-0.15, -0.1) is 0 Å². The highest BCUT2D eigenvalue weighted by Crippen LogP contribution is 2.24. The Labute approximate surface area is 71.7 Å². The maximum Gasteiger partial charge on any atom is -0.0299 e. The predicted molar refractivity (Wildman–Crippen MR) is 52.4 cm³/mol. The van der Waals surface area contributed by atoms with Gasteiger partial charge in [-0.1, -0.05) is 46.3 Å². The van der Waals surface area contributed by atoms with Crippen molar-refractivity contribution in [1.82, 2.24) is 0 Å². The van der Waals surface area contributed by atoms with Crippen molar-refractivity contribution in [1.29, 1.82) is 0 Å². The monoisotopic (exact) mass is 153 g/mol. The molecule has 0 aromatic carbocycles. The van der Waals surface area contributed by atoms with Gasteiger partial charge in [0.1, 0.15) is 0 Å². The van der Waals surface area contributed by atoms with Crippen LogP contribution in [0.4, 0.5) is 0 Å². The fourth-order valence-electron chi connectivity index (χ4n) is 0.782. The van der Waals surface area contributed by atoms with E-state index in [1.165, 1.54) is 12.8 Å². The van der Waals surface area contributed by atoms with Gasteiger partial charge in [-0.2, -0.15) is 0 Å². The molecule has 0 heteroatoms. The van der Waals surface area contributed by atoms with Gasteiger partial charge in [-0.3, -0.25) is 0 Å². The third-order valence-electron chi connectivity index (χ3n) is 2.17. The third kappa shape index (κ3) is 6.15. The SMILES string of the molecule is [CH2]CC/C=C/CC(C)(C)CC. The van der Waals surface area contributed by atoms with E-state index in [0.717, 1.165) is 12.8 Å². The summed E-state index contributed by atoms with van der Waals surface area (Å²) >= 11 is 0. The van der Waals surface area contributed by atoms with Gasteiger partial charge in [-0.05, 0) is 24.7 Å². The predicted octanol–water partition coefficient (Wildman–Crippen LogP) is 3.98. The summed E-state index contributed by atoms with van der Waals surface area (Å²) < 4.78 is 0. The quantitative estimate of drug-likeness (QED) is 0.524. The Morgan fingerprint density at radius 3 is 2.36 bits per heavy atom. The first-order chi connectivity index (χ1) is 5.12. The largest absolute Gasteiger partial charge is 0.0885 e. The van der Waals surface area contributed by atoms with Crippen molar-refractivity contribution in [3.63, 3.8) is 0 Å². The fraction of sp³-hybridized carbons (Fsp3) is 0.727. The van der Waals surface area contributed by atoms with Crippen LogP contribution in [0.1, 0.15) is 46.5 Å². The van der Waals surface area contributed by atoms with Crippen LogP contribution in [0.3, 0.4) is 0 Å². The van der Waals surface area contributed by atoms with Crippen LogP contribution in [-0.4, -0.2) is 0 Å². The van der Waals surface area contributed by atoms with Gasteiger partial charge >= 0.3 is 0 Å². The molecule has 0 fully saturated rings. The number of hydrogen-bond acceptors (Lipinski definition) is 0. The summed E-state index contributed by atoms with van der Waals surface area (Å²) in [7, 11) is 0. The molecule has 0 aromatic rings. The van der Waals surface area contributed by atoms with Crippen molar-refractivity contribution >= 4 is 0 Å². The first-order valence-electron chi connectivity index (χ1n) is 4.56. The second-order valence-electron chi connectivity index (χ2n) is 3.84. The molecule has 0 amide bonds. The Kier molecular flexibility index (Phi) is 5.27. The van der Waals surface area contributed by atoms with Crippen molar-refractivity contribution in [2.75, 3.05) is 0 Å². The van der Waals surface area contributed by atoms with E-state index in [0.29, 0.717) is 5.41 Å². The molecule has 0 aliphatic rings. The minimum atomic E-state index is 0.484. The molecular weight excluding hydrogens is 132 g/mol. The van der Waals surface area contributed by atoms with Crippen LogP contribution in [0, 0.1) is 12.3 Å². The average molecular weight is 153 g/mol. The molecular formula is C11H21. The molecule has 0 aromatic heterocycles. The van der Waals surface area contributed by atoms with Crippen molar-refractivity contribution < 1.29 is 0 Å². The molecule has 0 unspecified atom stereocenters. The number of unbranched alkanes of at least 4 members (excludes halogenated alkanes) is 1. The lowest BCUT2D eigenvalue weighted by atomic mass is 9.86. The van der Waals surface area contributed by atoms with Crippen LogP contribution in [0.25, 0.3) is 0 Å². The van der Waals surface area contributed by atoms with Gasteiger partial charge in [0, 0.05) is 0 Å².